The van der Waals surface area contributed by atoms with Crippen LogP contribution in [0.3, 0.4) is 0 Å². The van der Waals surface area contributed by atoms with Crippen LogP contribution >= 0.6 is 11.3 Å². The van der Waals surface area contributed by atoms with E-state index in [9.17, 15) is 0 Å². The molecule has 1 aromatic heterocycles. The molecule has 3 rings (SSSR count). The molecule has 0 aliphatic heterocycles. The van der Waals surface area contributed by atoms with E-state index in [-0.39, 0.29) is 24.0 Å². The van der Waals surface area contributed by atoms with Crippen molar-refractivity contribution in [2.45, 2.75) is 6.92 Å². The summed E-state index contributed by atoms with van der Waals surface area (Å²) in [6, 6.07) is 25.7. The summed E-state index contributed by atoms with van der Waals surface area (Å²) >= 11 is 1.84. The Balaban J connectivity index is 0.000000615. The molecule has 0 saturated heterocycles. The van der Waals surface area contributed by atoms with E-state index < -0.39 is 0 Å². The van der Waals surface area contributed by atoms with Crippen molar-refractivity contribution in [3.63, 3.8) is 0 Å². The van der Waals surface area contributed by atoms with Gasteiger partial charge in [-0.2, -0.15) is 0 Å². The quantitative estimate of drug-likeness (QED) is 0.482. The second kappa shape index (κ2) is 10.5. The van der Waals surface area contributed by atoms with Crippen molar-refractivity contribution in [3.05, 3.63) is 77.7 Å². The van der Waals surface area contributed by atoms with E-state index in [0.717, 1.165) is 0 Å². The zero-order chi connectivity index (χ0) is 15.8. The molecule has 0 aliphatic carbocycles. The van der Waals surface area contributed by atoms with Crippen LogP contribution in [0.4, 0.5) is 0 Å². The predicted octanol–water partition coefficient (Wildman–Crippen LogP) is 2.51. The average molecular weight is 435 g/mol. The van der Waals surface area contributed by atoms with E-state index in [0.29, 0.717) is 0 Å². The standard InChI is InChI=1S/C18H15S.C2H7N.HI/c1-14-12-17(15-8-4-2-5-9-15)13-18(19-14)16-10-6-3-7-11-16;1-3-2;/h2-13H,1H3;3H,1-2H3;1H/q+1;;/p-1. The van der Waals surface area contributed by atoms with Crippen LogP contribution in [-0.2, 0) is 0 Å². The number of aryl methyl sites for hydroxylation is 1. The smallest absolute Gasteiger partial charge is 0.238 e. The van der Waals surface area contributed by atoms with Gasteiger partial charge in [0.1, 0.15) is 0 Å². The molecular formula is C20H22INS. The van der Waals surface area contributed by atoms with Crippen LogP contribution in [0, 0.1) is 6.92 Å². The summed E-state index contributed by atoms with van der Waals surface area (Å²) in [6.07, 6.45) is 0. The Bertz CT molecular complexity index is 642. The van der Waals surface area contributed by atoms with Gasteiger partial charge in [0.15, 0.2) is 0 Å². The van der Waals surface area contributed by atoms with Gasteiger partial charge in [-0.05, 0) is 37.4 Å². The topological polar surface area (TPSA) is 12.0 Å². The van der Waals surface area contributed by atoms with Crippen molar-refractivity contribution in [1.82, 2.24) is 5.32 Å². The molecule has 3 aromatic rings. The average Bonchev–Trinajstić information content (AvgIpc) is 2.57. The lowest BCUT2D eigenvalue weighted by Gasteiger charge is -2.00. The van der Waals surface area contributed by atoms with Crippen molar-refractivity contribution in [2.24, 2.45) is 0 Å². The summed E-state index contributed by atoms with van der Waals surface area (Å²) < 4.78 is 0. The van der Waals surface area contributed by atoms with E-state index in [1.165, 1.54) is 26.4 Å². The molecule has 0 fully saturated rings. The number of nitrogens with one attached hydrogen (secondary N) is 1. The van der Waals surface area contributed by atoms with Crippen LogP contribution in [0.25, 0.3) is 21.6 Å². The van der Waals surface area contributed by atoms with Gasteiger partial charge in [0.2, 0.25) is 21.1 Å². The highest BCUT2D eigenvalue weighted by atomic mass is 127. The molecule has 0 radical (unpaired) electrons. The van der Waals surface area contributed by atoms with Crippen LogP contribution in [0.15, 0.2) is 72.8 Å². The van der Waals surface area contributed by atoms with Gasteiger partial charge >= 0.3 is 0 Å². The van der Waals surface area contributed by atoms with Crippen molar-refractivity contribution < 1.29 is 24.0 Å². The molecule has 0 aliphatic rings. The molecule has 0 atom stereocenters. The summed E-state index contributed by atoms with van der Waals surface area (Å²) in [5.41, 5.74) is 3.85. The Hall–Kier alpha value is -1.30. The molecule has 0 unspecified atom stereocenters. The van der Waals surface area contributed by atoms with Crippen molar-refractivity contribution in [3.8, 4) is 21.6 Å². The lowest BCUT2D eigenvalue weighted by atomic mass is 10.1. The third-order valence-corrected chi connectivity index (χ3v) is 4.10. The number of rotatable bonds is 2. The first-order chi connectivity index (χ1) is 10.7. The van der Waals surface area contributed by atoms with Gasteiger partial charge in [0.25, 0.3) is 0 Å². The van der Waals surface area contributed by atoms with Gasteiger partial charge in [-0.1, -0.05) is 48.5 Å². The van der Waals surface area contributed by atoms with Crippen molar-refractivity contribution >= 4 is 11.3 Å². The highest BCUT2D eigenvalue weighted by Crippen LogP contribution is 2.31. The minimum absolute atomic E-state index is 0. The van der Waals surface area contributed by atoms with Gasteiger partial charge in [0, 0.05) is 24.6 Å². The number of hydrogen-bond acceptors (Lipinski definition) is 1. The van der Waals surface area contributed by atoms with Crippen LogP contribution in [0.2, 0.25) is 0 Å². The molecule has 0 amide bonds. The monoisotopic (exact) mass is 435 g/mol. The molecule has 1 N–H and O–H groups in total. The first-order valence-electron chi connectivity index (χ1n) is 7.38. The highest BCUT2D eigenvalue weighted by molar-refractivity contribution is 7.15. The largest absolute Gasteiger partial charge is 1.00 e. The Morgan fingerprint density at radius 1 is 0.696 bits per heavy atom. The second-order valence-corrected chi connectivity index (χ2v) is 6.34. The van der Waals surface area contributed by atoms with Crippen LogP contribution in [0.5, 0.6) is 0 Å². The maximum absolute atomic E-state index is 2.75. The molecule has 23 heavy (non-hydrogen) atoms. The van der Waals surface area contributed by atoms with Gasteiger partial charge in [-0.15, -0.1) is 0 Å². The Kier molecular flexibility index (Phi) is 8.99. The first kappa shape index (κ1) is 19.7. The fourth-order valence-corrected chi connectivity index (χ4v) is 3.15. The predicted molar refractivity (Wildman–Crippen MR) is 99.3 cm³/mol. The zero-order valence-electron chi connectivity index (χ0n) is 13.7. The van der Waals surface area contributed by atoms with Gasteiger partial charge in [0.05, 0.1) is 0 Å². The van der Waals surface area contributed by atoms with Crippen LogP contribution < -0.4 is 29.3 Å². The number of halogens is 1. The number of benzene rings is 2. The first-order valence-corrected chi connectivity index (χ1v) is 8.20. The summed E-state index contributed by atoms with van der Waals surface area (Å²) in [5, 5.41) is 2.75. The van der Waals surface area contributed by atoms with E-state index >= 15 is 0 Å². The van der Waals surface area contributed by atoms with E-state index in [1.54, 1.807) is 0 Å². The molecule has 0 spiro atoms. The lowest BCUT2D eigenvalue weighted by Crippen LogP contribution is -3.00. The van der Waals surface area contributed by atoms with Gasteiger partial charge < -0.3 is 29.3 Å². The van der Waals surface area contributed by atoms with Gasteiger partial charge in [-0.3, -0.25) is 0 Å². The Morgan fingerprint density at radius 3 is 1.70 bits per heavy atom. The van der Waals surface area contributed by atoms with E-state index in [4.69, 9.17) is 0 Å². The summed E-state index contributed by atoms with van der Waals surface area (Å²) in [5.74, 6) is 0. The Morgan fingerprint density at radius 2 is 1.17 bits per heavy atom. The molecule has 0 bridgehead atoms. The minimum atomic E-state index is 0. The fourth-order valence-electron chi connectivity index (χ4n) is 2.18. The number of hydrogen-bond donors (Lipinski definition) is 1. The van der Waals surface area contributed by atoms with E-state index in [2.05, 4.69) is 85.0 Å². The lowest BCUT2D eigenvalue weighted by molar-refractivity contribution is -0.00000442. The molecule has 120 valence electrons. The molecule has 0 saturated carbocycles. The fraction of sp³-hybridized carbons (Fsp3) is 0.150. The summed E-state index contributed by atoms with van der Waals surface area (Å²) in [6.45, 7) is 2.17. The summed E-state index contributed by atoms with van der Waals surface area (Å²) in [4.78, 5) is 2.65. The molecule has 2 aromatic carbocycles. The van der Waals surface area contributed by atoms with Crippen LogP contribution in [0.1, 0.15) is 4.88 Å². The second-order valence-electron chi connectivity index (χ2n) is 5.05. The van der Waals surface area contributed by atoms with Crippen LogP contribution in [-0.4, -0.2) is 14.1 Å². The maximum Gasteiger partial charge on any atom is 0.238 e. The molecule has 3 heteroatoms. The normalized spacial score (nSPS) is 9.35. The Labute approximate surface area is 160 Å². The molecular weight excluding hydrogens is 413 g/mol. The zero-order valence-corrected chi connectivity index (χ0v) is 16.7. The van der Waals surface area contributed by atoms with E-state index in [1.807, 2.05) is 25.4 Å². The SMILES string of the molecule is CNC.Cc1cc(-c2ccccc2)cc(-c2ccccc2)[s+]1.[I-]. The van der Waals surface area contributed by atoms with Crippen molar-refractivity contribution in [1.29, 1.82) is 0 Å². The maximum atomic E-state index is 2.75. The highest BCUT2D eigenvalue weighted by Gasteiger charge is 2.14. The molecule has 1 nitrogen and oxygen atoms in total. The van der Waals surface area contributed by atoms with Crippen molar-refractivity contribution in [2.75, 3.05) is 14.1 Å². The van der Waals surface area contributed by atoms with Gasteiger partial charge in [-0.25, -0.2) is 0 Å². The third kappa shape index (κ3) is 6.01. The third-order valence-electron chi connectivity index (χ3n) is 3.08. The minimum Gasteiger partial charge on any atom is -1.00 e. The molecule has 1 heterocycles. The summed E-state index contributed by atoms with van der Waals surface area (Å²) in [7, 11) is 3.75.